The monoisotopic (exact) mass is 390 g/mol. The number of pyridine rings is 1. The molecule has 2 heterocycles. The van der Waals surface area contributed by atoms with Crippen LogP contribution in [0.2, 0.25) is 5.02 Å². The highest BCUT2D eigenvalue weighted by molar-refractivity contribution is 6.30. The summed E-state index contributed by atoms with van der Waals surface area (Å²) in [5.41, 5.74) is 0.316. The van der Waals surface area contributed by atoms with E-state index in [1.54, 1.807) is 11.1 Å². The number of rotatable bonds is 4. The van der Waals surface area contributed by atoms with Crippen LogP contribution >= 0.6 is 11.6 Å². The summed E-state index contributed by atoms with van der Waals surface area (Å²) in [5.74, 6) is 0. The number of halogens is 1. The van der Waals surface area contributed by atoms with Gasteiger partial charge in [0.05, 0.1) is 28.8 Å². The van der Waals surface area contributed by atoms with Gasteiger partial charge in [0, 0.05) is 38.4 Å². The van der Waals surface area contributed by atoms with Crippen molar-refractivity contribution in [3.8, 4) is 6.07 Å². The Kier molecular flexibility index (Phi) is 6.23. The van der Waals surface area contributed by atoms with E-state index in [-0.39, 0.29) is 12.1 Å². The summed E-state index contributed by atoms with van der Waals surface area (Å²) in [4.78, 5) is 20.6. The van der Waals surface area contributed by atoms with E-state index in [1.807, 2.05) is 26.1 Å². The fraction of sp³-hybridized carbons (Fsp3) is 0.650. The van der Waals surface area contributed by atoms with E-state index >= 15 is 0 Å². The molecule has 1 atom stereocenters. The fourth-order valence-corrected chi connectivity index (χ4v) is 4.45. The van der Waals surface area contributed by atoms with Gasteiger partial charge >= 0.3 is 6.09 Å². The number of ether oxygens (including phenoxy) is 1. The van der Waals surface area contributed by atoms with Gasteiger partial charge in [-0.3, -0.25) is 9.88 Å². The van der Waals surface area contributed by atoms with Gasteiger partial charge in [-0.15, -0.1) is 0 Å². The molecule has 1 aliphatic carbocycles. The Morgan fingerprint density at radius 2 is 2.19 bits per heavy atom. The first-order valence-electron chi connectivity index (χ1n) is 9.66. The van der Waals surface area contributed by atoms with Crippen LogP contribution in [0.5, 0.6) is 0 Å². The average molecular weight is 391 g/mol. The van der Waals surface area contributed by atoms with Gasteiger partial charge < -0.3 is 9.64 Å². The van der Waals surface area contributed by atoms with Gasteiger partial charge in [-0.25, -0.2) is 4.79 Å². The molecule has 3 rings (SSSR count). The highest BCUT2D eigenvalue weighted by Crippen LogP contribution is 2.40. The minimum Gasteiger partial charge on any atom is -0.450 e. The molecule has 0 spiro atoms. The zero-order chi connectivity index (χ0) is 19.4. The molecule has 27 heavy (non-hydrogen) atoms. The van der Waals surface area contributed by atoms with Crippen molar-refractivity contribution < 1.29 is 9.53 Å². The van der Waals surface area contributed by atoms with Crippen LogP contribution in [-0.2, 0) is 10.2 Å². The highest BCUT2D eigenvalue weighted by atomic mass is 35.5. The summed E-state index contributed by atoms with van der Waals surface area (Å²) < 4.78 is 5.11. The molecule has 0 radical (unpaired) electrons. The largest absolute Gasteiger partial charge is 0.450 e. The summed E-state index contributed by atoms with van der Waals surface area (Å²) in [6, 6.07) is 6.88. The summed E-state index contributed by atoms with van der Waals surface area (Å²) in [7, 11) is 1.82. The van der Waals surface area contributed by atoms with Gasteiger partial charge in [-0.2, -0.15) is 5.26 Å². The van der Waals surface area contributed by atoms with Gasteiger partial charge in [-0.05, 0) is 51.2 Å². The normalized spacial score (nSPS) is 28.5. The lowest BCUT2D eigenvalue weighted by molar-refractivity contribution is 0.0981. The zero-order valence-electron chi connectivity index (χ0n) is 16.0. The average Bonchev–Trinajstić information content (AvgIpc) is 3.18. The second-order valence-electron chi connectivity index (χ2n) is 7.53. The molecule has 1 aromatic rings. The van der Waals surface area contributed by atoms with Crippen LogP contribution in [0.4, 0.5) is 4.79 Å². The maximum atomic E-state index is 12.0. The van der Waals surface area contributed by atoms with Crippen molar-refractivity contribution in [3.63, 3.8) is 0 Å². The van der Waals surface area contributed by atoms with Crippen LogP contribution in [0.1, 0.15) is 44.7 Å². The topological polar surface area (TPSA) is 69.5 Å². The molecule has 0 aromatic carbocycles. The quantitative estimate of drug-likeness (QED) is 0.785. The number of nitriles is 1. The van der Waals surface area contributed by atoms with Gasteiger partial charge in [-0.1, -0.05) is 11.6 Å². The van der Waals surface area contributed by atoms with Crippen molar-refractivity contribution >= 4 is 17.7 Å². The molecule has 1 saturated carbocycles. The molecule has 1 aliphatic heterocycles. The lowest BCUT2D eigenvalue weighted by Crippen LogP contribution is -2.44. The Morgan fingerprint density at radius 3 is 2.78 bits per heavy atom. The first kappa shape index (κ1) is 19.9. The molecule has 2 fully saturated rings. The second kappa shape index (κ2) is 8.45. The number of hydrogen-bond donors (Lipinski definition) is 0. The maximum absolute atomic E-state index is 12.0. The smallest absolute Gasteiger partial charge is 0.409 e. The number of aromatic nitrogens is 1. The number of likely N-dealkylation sites (N-methyl/N-ethyl adjacent to an activating group) is 1. The first-order chi connectivity index (χ1) is 13.0. The van der Waals surface area contributed by atoms with Crippen LogP contribution in [-0.4, -0.2) is 59.7 Å². The summed E-state index contributed by atoms with van der Waals surface area (Å²) >= 11 is 5.94. The Labute approximate surface area is 166 Å². The second-order valence-corrected chi connectivity index (χ2v) is 7.97. The molecule has 2 aliphatic rings. The predicted molar refractivity (Wildman–Crippen MR) is 104 cm³/mol. The summed E-state index contributed by atoms with van der Waals surface area (Å²) in [5, 5.41) is 10.4. The molecule has 0 bridgehead atoms. The molecule has 1 aromatic heterocycles. The number of carbonyl (C=O) groups excluding carboxylic acids is 1. The van der Waals surface area contributed by atoms with Crippen molar-refractivity contribution in [2.45, 2.75) is 56.5 Å². The van der Waals surface area contributed by atoms with E-state index in [2.05, 4.69) is 16.0 Å². The molecular formula is C20H27ClN4O2. The number of carbonyl (C=O) groups is 1. The van der Waals surface area contributed by atoms with Crippen LogP contribution in [0.3, 0.4) is 0 Å². The molecule has 1 saturated heterocycles. The summed E-state index contributed by atoms with van der Waals surface area (Å²) in [6.45, 7) is 4.08. The lowest BCUT2D eigenvalue weighted by Gasteiger charge is -2.38. The van der Waals surface area contributed by atoms with E-state index in [0.717, 1.165) is 50.9 Å². The molecule has 0 N–H and O–H groups in total. The van der Waals surface area contributed by atoms with Crippen LogP contribution in [0, 0.1) is 11.3 Å². The molecular weight excluding hydrogens is 364 g/mol. The van der Waals surface area contributed by atoms with Crippen molar-refractivity contribution in [2.24, 2.45) is 0 Å². The van der Waals surface area contributed by atoms with Crippen LogP contribution in [0.25, 0.3) is 0 Å². The SMILES string of the molecule is CCOC(=O)N(C)[C@@H]1CCN(C2CCC(C#N)(c3ccc(Cl)cn3)CC2)C1. The minimum atomic E-state index is -0.512. The summed E-state index contributed by atoms with van der Waals surface area (Å²) in [6.07, 6.45) is 5.88. The van der Waals surface area contributed by atoms with Crippen LogP contribution < -0.4 is 0 Å². The Hall–Kier alpha value is -1.84. The van der Waals surface area contributed by atoms with Crippen molar-refractivity contribution in [3.05, 3.63) is 29.0 Å². The Morgan fingerprint density at radius 1 is 1.44 bits per heavy atom. The molecule has 146 valence electrons. The van der Waals surface area contributed by atoms with E-state index in [0.29, 0.717) is 17.7 Å². The Balaban J connectivity index is 1.58. The first-order valence-corrected chi connectivity index (χ1v) is 10.0. The lowest BCUT2D eigenvalue weighted by atomic mass is 9.71. The van der Waals surface area contributed by atoms with E-state index in [1.165, 1.54) is 0 Å². The molecule has 0 unspecified atom stereocenters. The molecule has 7 heteroatoms. The van der Waals surface area contributed by atoms with Crippen LogP contribution in [0.15, 0.2) is 18.3 Å². The third-order valence-electron chi connectivity index (χ3n) is 6.06. The Bertz CT molecular complexity index is 695. The van der Waals surface area contributed by atoms with E-state index in [4.69, 9.17) is 16.3 Å². The maximum Gasteiger partial charge on any atom is 0.409 e. The van der Waals surface area contributed by atoms with Gasteiger partial charge in [0.25, 0.3) is 0 Å². The zero-order valence-corrected chi connectivity index (χ0v) is 16.8. The van der Waals surface area contributed by atoms with E-state index < -0.39 is 5.41 Å². The number of nitrogens with zero attached hydrogens (tertiary/aromatic N) is 4. The van der Waals surface area contributed by atoms with Gasteiger partial charge in [0.15, 0.2) is 0 Å². The van der Waals surface area contributed by atoms with Crippen molar-refractivity contribution in [2.75, 3.05) is 26.7 Å². The van der Waals surface area contributed by atoms with Gasteiger partial charge in [0.2, 0.25) is 0 Å². The molecule has 6 nitrogen and oxygen atoms in total. The van der Waals surface area contributed by atoms with Crippen molar-refractivity contribution in [1.29, 1.82) is 5.26 Å². The minimum absolute atomic E-state index is 0.199. The fourth-order valence-electron chi connectivity index (χ4n) is 4.33. The third kappa shape index (κ3) is 4.20. The highest BCUT2D eigenvalue weighted by Gasteiger charge is 2.41. The molecule has 1 amide bonds. The van der Waals surface area contributed by atoms with Crippen molar-refractivity contribution in [1.82, 2.24) is 14.8 Å². The number of likely N-dealkylation sites (tertiary alicyclic amines) is 1. The number of amides is 1. The standard InChI is InChI=1S/C20H27ClN4O2/c1-3-27-19(26)24(2)17-8-11-25(13-17)16-6-9-20(14-22,10-7-16)18-5-4-15(21)12-23-18/h4-5,12,16-17H,3,6-11,13H2,1-2H3/t16?,17-,20?/m1/s1. The van der Waals surface area contributed by atoms with Gasteiger partial charge in [0.1, 0.15) is 0 Å². The van der Waals surface area contributed by atoms with E-state index in [9.17, 15) is 10.1 Å². The predicted octanol–water partition coefficient (Wildman–Crippen LogP) is 3.60. The third-order valence-corrected chi connectivity index (χ3v) is 6.28. The number of hydrogen-bond acceptors (Lipinski definition) is 5.